The van der Waals surface area contributed by atoms with Crippen LogP contribution < -0.4 is 10.1 Å². The molecule has 0 saturated carbocycles. The fourth-order valence-electron chi connectivity index (χ4n) is 0.856. The number of aromatic nitrogens is 2. The van der Waals surface area contributed by atoms with Gasteiger partial charge in [-0.2, -0.15) is 0 Å². The van der Waals surface area contributed by atoms with Gasteiger partial charge >= 0.3 is 6.01 Å². The van der Waals surface area contributed by atoms with E-state index in [2.05, 4.69) is 15.3 Å². The van der Waals surface area contributed by atoms with E-state index in [0.29, 0.717) is 0 Å². The molecule has 0 unspecified atom stereocenters. The van der Waals surface area contributed by atoms with Gasteiger partial charge in [0.2, 0.25) is 0 Å². The van der Waals surface area contributed by atoms with Crippen molar-refractivity contribution >= 4 is 0 Å². The third kappa shape index (κ3) is 1.50. The summed E-state index contributed by atoms with van der Waals surface area (Å²) in [5.41, 5.74) is 0. The fraction of sp³-hybridized carbons (Fsp3) is 0.429. The Hall–Kier alpha value is -1.23. The van der Waals surface area contributed by atoms with Crippen LogP contribution in [-0.4, -0.2) is 29.2 Å². The molecular formula is C7H8FN3O. The molecule has 0 aromatic carbocycles. The van der Waals surface area contributed by atoms with Crippen LogP contribution >= 0.6 is 0 Å². The second-order valence-corrected chi connectivity index (χ2v) is 2.58. The van der Waals surface area contributed by atoms with Crippen LogP contribution in [0.5, 0.6) is 6.01 Å². The van der Waals surface area contributed by atoms with Gasteiger partial charge in [-0.1, -0.05) is 0 Å². The van der Waals surface area contributed by atoms with E-state index >= 15 is 0 Å². The van der Waals surface area contributed by atoms with Crippen LogP contribution in [0, 0.1) is 5.82 Å². The molecule has 2 heterocycles. The van der Waals surface area contributed by atoms with Gasteiger partial charge in [0.25, 0.3) is 0 Å². The van der Waals surface area contributed by atoms with Gasteiger partial charge in [-0.05, 0) is 0 Å². The number of hydrogen-bond acceptors (Lipinski definition) is 4. The fourth-order valence-corrected chi connectivity index (χ4v) is 0.856. The van der Waals surface area contributed by atoms with Crippen LogP contribution in [0.4, 0.5) is 4.39 Å². The van der Waals surface area contributed by atoms with E-state index in [1.165, 1.54) is 0 Å². The zero-order valence-corrected chi connectivity index (χ0v) is 6.33. The molecule has 0 aliphatic carbocycles. The van der Waals surface area contributed by atoms with Crippen LogP contribution in [-0.2, 0) is 0 Å². The maximum atomic E-state index is 12.3. The summed E-state index contributed by atoms with van der Waals surface area (Å²) in [4.78, 5) is 7.33. The van der Waals surface area contributed by atoms with E-state index < -0.39 is 5.82 Å². The highest BCUT2D eigenvalue weighted by molar-refractivity contribution is 4.97. The molecule has 0 atom stereocenters. The molecule has 1 aliphatic heterocycles. The zero-order chi connectivity index (χ0) is 8.39. The number of hydrogen-bond donors (Lipinski definition) is 1. The summed E-state index contributed by atoms with van der Waals surface area (Å²) >= 11 is 0. The monoisotopic (exact) mass is 169 g/mol. The molecule has 0 spiro atoms. The summed E-state index contributed by atoms with van der Waals surface area (Å²) in [5.74, 6) is -0.450. The summed E-state index contributed by atoms with van der Waals surface area (Å²) in [6, 6.07) is 0.239. The average molecular weight is 169 g/mol. The lowest BCUT2D eigenvalue weighted by Gasteiger charge is -2.26. The Morgan fingerprint density at radius 1 is 1.42 bits per heavy atom. The molecule has 4 nitrogen and oxygen atoms in total. The number of ether oxygens (including phenoxy) is 1. The first-order chi connectivity index (χ1) is 5.84. The van der Waals surface area contributed by atoms with Crippen molar-refractivity contribution in [3.05, 3.63) is 18.2 Å². The first-order valence-electron chi connectivity index (χ1n) is 3.69. The number of nitrogens with zero attached hydrogens (tertiary/aromatic N) is 2. The number of nitrogens with one attached hydrogen (secondary N) is 1. The van der Waals surface area contributed by atoms with Crippen LogP contribution in [0.15, 0.2) is 12.4 Å². The van der Waals surface area contributed by atoms with Crippen molar-refractivity contribution in [1.29, 1.82) is 0 Å². The van der Waals surface area contributed by atoms with E-state index in [1.807, 2.05) is 0 Å². The van der Waals surface area contributed by atoms with Gasteiger partial charge in [0.1, 0.15) is 6.10 Å². The van der Waals surface area contributed by atoms with Gasteiger partial charge in [-0.3, -0.25) is 0 Å². The van der Waals surface area contributed by atoms with Gasteiger partial charge in [-0.25, -0.2) is 14.4 Å². The molecule has 5 heteroatoms. The summed E-state index contributed by atoms with van der Waals surface area (Å²) in [6.07, 6.45) is 2.32. The van der Waals surface area contributed by atoms with Crippen molar-refractivity contribution in [2.24, 2.45) is 0 Å². The SMILES string of the molecule is Fc1cnc(OC2CNC2)nc1. The molecule has 2 rings (SSSR count). The number of rotatable bonds is 2. The molecule has 1 fully saturated rings. The van der Waals surface area contributed by atoms with Crippen molar-refractivity contribution in [3.8, 4) is 6.01 Å². The Morgan fingerprint density at radius 2 is 2.08 bits per heavy atom. The van der Waals surface area contributed by atoms with Crippen LogP contribution in [0.2, 0.25) is 0 Å². The van der Waals surface area contributed by atoms with Gasteiger partial charge in [-0.15, -0.1) is 0 Å². The summed E-state index contributed by atoms with van der Waals surface area (Å²) < 4.78 is 17.6. The van der Waals surface area contributed by atoms with E-state index in [9.17, 15) is 4.39 Å². The third-order valence-electron chi connectivity index (χ3n) is 1.61. The second-order valence-electron chi connectivity index (χ2n) is 2.58. The highest BCUT2D eigenvalue weighted by Gasteiger charge is 2.19. The maximum absolute atomic E-state index is 12.3. The first-order valence-corrected chi connectivity index (χ1v) is 3.69. The van der Waals surface area contributed by atoms with E-state index in [4.69, 9.17) is 4.74 Å². The molecule has 1 aromatic heterocycles. The van der Waals surface area contributed by atoms with Crippen LogP contribution in [0.25, 0.3) is 0 Å². The van der Waals surface area contributed by atoms with Crippen LogP contribution in [0.1, 0.15) is 0 Å². The minimum atomic E-state index is -0.450. The number of halogens is 1. The minimum absolute atomic E-state index is 0.135. The zero-order valence-electron chi connectivity index (χ0n) is 6.33. The molecule has 1 N–H and O–H groups in total. The van der Waals surface area contributed by atoms with Crippen molar-refractivity contribution in [3.63, 3.8) is 0 Å². The summed E-state index contributed by atoms with van der Waals surface area (Å²) in [7, 11) is 0. The lowest BCUT2D eigenvalue weighted by Crippen LogP contribution is -2.50. The Bertz CT molecular complexity index is 260. The Kier molecular flexibility index (Phi) is 1.87. The smallest absolute Gasteiger partial charge is 0.316 e. The normalized spacial score (nSPS) is 17.1. The Morgan fingerprint density at radius 3 is 2.58 bits per heavy atom. The highest BCUT2D eigenvalue weighted by Crippen LogP contribution is 2.06. The molecule has 0 radical (unpaired) electrons. The Balaban J connectivity index is 1.98. The maximum Gasteiger partial charge on any atom is 0.316 e. The average Bonchev–Trinajstić information content (AvgIpc) is 2.00. The lowest BCUT2D eigenvalue weighted by atomic mass is 10.2. The van der Waals surface area contributed by atoms with Crippen molar-refractivity contribution < 1.29 is 9.13 Å². The van der Waals surface area contributed by atoms with Crippen molar-refractivity contribution in [2.45, 2.75) is 6.10 Å². The summed E-state index contributed by atoms with van der Waals surface area (Å²) in [6.45, 7) is 1.61. The second kappa shape index (κ2) is 3.02. The molecule has 1 aromatic rings. The van der Waals surface area contributed by atoms with Gasteiger partial charge in [0.15, 0.2) is 5.82 Å². The first kappa shape index (κ1) is 7.42. The predicted octanol–water partition coefficient (Wildman–Crippen LogP) is -0.0337. The third-order valence-corrected chi connectivity index (χ3v) is 1.61. The van der Waals surface area contributed by atoms with Crippen LogP contribution in [0.3, 0.4) is 0 Å². The van der Waals surface area contributed by atoms with Gasteiger partial charge < -0.3 is 10.1 Å². The van der Waals surface area contributed by atoms with E-state index in [-0.39, 0.29) is 12.1 Å². The molecular weight excluding hydrogens is 161 g/mol. The molecule has 12 heavy (non-hydrogen) atoms. The van der Waals surface area contributed by atoms with Gasteiger partial charge in [0.05, 0.1) is 12.4 Å². The van der Waals surface area contributed by atoms with Gasteiger partial charge in [0, 0.05) is 13.1 Å². The quantitative estimate of drug-likeness (QED) is 0.675. The standard InChI is InChI=1S/C7H8FN3O/c8-5-1-10-7(11-2-5)12-6-3-9-4-6/h1-2,6,9H,3-4H2. The van der Waals surface area contributed by atoms with Crippen molar-refractivity contribution in [1.82, 2.24) is 15.3 Å². The minimum Gasteiger partial charge on any atom is -0.457 e. The Labute approximate surface area is 68.8 Å². The lowest BCUT2D eigenvalue weighted by molar-refractivity contribution is 0.129. The molecule has 1 aliphatic rings. The molecule has 0 amide bonds. The molecule has 1 saturated heterocycles. The van der Waals surface area contributed by atoms with E-state index in [0.717, 1.165) is 25.5 Å². The summed E-state index contributed by atoms with van der Waals surface area (Å²) in [5, 5.41) is 3.04. The van der Waals surface area contributed by atoms with E-state index in [1.54, 1.807) is 0 Å². The predicted molar refractivity (Wildman–Crippen MR) is 39.3 cm³/mol. The largest absolute Gasteiger partial charge is 0.457 e. The molecule has 64 valence electrons. The highest BCUT2D eigenvalue weighted by atomic mass is 19.1. The topological polar surface area (TPSA) is 47.0 Å². The van der Waals surface area contributed by atoms with Crippen molar-refractivity contribution in [2.75, 3.05) is 13.1 Å². The molecule has 0 bridgehead atoms.